The first-order valence-electron chi connectivity index (χ1n) is 6.36. The second-order valence-electron chi connectivity index (χ2n) is 4.86. The third-order valence-corrected chi connectivity index (χ3v) is 2.99. The van der Waals surface area contributed by atoms with E-state index in [1.807, 2.05) is 32.0 Å². The Morgan fingerprint density at radius 2 is 2.00 bits per heavy atom. The number of aryl methyl sites for hydroxylation is 3. The van der Waals surface area contributed by atoms with Crippen LogP contribution in [0.2, 0.25) is 0 Å². The lowest BCUT2D eigenvalue weighted by Gasteiger charge is -2.10. The van der Waals surface area contributed by atoms with Crippen LogP contribution in [-0.2, 0) is 11.3 Å². The lowest BCUT2D eigenvalue weighted by atomic mass is 10.1. The van der Waals surface area contributed by atoms with E-state index in [0.717, 1.165) is 16.8 Å². The Balaban J connectivity index is 2.11. The third-order valence-electron chi connectivity index (χ3n) is 2.99. The summed E-state index contributed by atoms with van der Waals surface area (Å²) in [4.78, 5) is 27.7. The van der Waals surface area contributed by atoms with Crippen molar-refractivity contribution in [2.45, 2.75) is 27.3 Å². The number of anilines is 1. The van der Waals surface area contributed by atoms with Crippen LogP contribution in [-0.4, -0.2) is 15.5 Å². The minimum Gasteiger partial charge on any atom is -0.324 e. The van der Waals surface area contributed by atoms with E-state index < -0.39 is 0 Å². The van der Waals surface area contributed by atoms with E-state index in [-0.39, 0.29) is 18.0 Å². The first-order valence-corrected chi connectivity index (χ1v) is 6.36. The SMILES string of the molecule is Cc1ccc(NC(=O)Cn2cnc(C)cc2=O)c(C)c1. The molecule has 20 heavy (non-hydrogen) atoms. The number of carbonyl (C=O) groups is 1. The van der Waals surface area contributed by atoms with Crippen molar-refractivity contribution in [3.05, 3.63) is 57.8 Å². The van der Waals surface area contributed by atoms with E-state index in [1.54, 1.807) is 6.92 Å². The molecule has 0 unspecified atom stereocenters. The normalized spacial score (nSPS) is 10.3. The molecule has 0 saturated carbocycles. The van der Waals surface area contributed by atoms with Crippen molar-refractivity contribution in [3.8, 4) is 0 Å². The topological polar surface area (TPSA) is 64.0 Å². The Morgan fingerprint density at radius 1 is 1.25 bits per heavy atom. The zero-order valence-corrected chi connectivity index (χ0v) is 11.8. The van der Waals surface area contributed by atoms with Crippen LogP contribution >= 0.6 is 0 Å². The van der Waals surface area contributed by atoms with Gasteiger partial charge in [0.05, 0.1) is 6.33 Å². The third kappa shape index (κ3) is 3.32. The van der Waals surface area contributed by atoms with Gasteiger partial charge in [-0.2, -0.15) is 0 Å². The maximum atomic E-state index is 12.0. The molecule has 0 fully saturated rings. The van der Waals surface area contributed by atoms with E-state index in [9.17, 15) is 9.59 Å². The second-order valence-corrected chi connectivity index (χ2v) is 4.86. The summed E-state index contributed by atoms with van der Waals surface area (Å²) < 4.78 is 1.28. The summed E-state index contributed by atoms with van der Waals surface area (Å²) in [5.74, 6) is -0.246. The summed E-state index contributed by atoms with van der Waals surface area (Å²) in [6.07, 6.45) is 1.39. The molecule has 0 spiro atoms. The molecule has 1 N–H and O–H groups in total. The highest BCUT2D eigenvalue weighted by Crippen LogP contribution is 2.15. The molecule has 1 amide bonds. The molecule has 0 aliphatic rings. The Labute approximate surface area is 117 Å². The van der Waals surface area contributed by atoms with Crippen LogP contribution in [0.5, 0.6) is 0 Å². The molecule has 1 heterocycles. The fraction of sp³-hybridized carbons (Fsp3) is 0.267. The first kappa shape index (κ1) is 14.0. The van der Waals surface area contributed by atoms with Gasteiger partial charge < -0.3 is 5.32 Å². The van der Waals surface area contributed by atoms with Crippen molar-refractivity contribution in [1.82, 2.24) is 9.55 Å². The molecule has 0 bridgehead atoms. The van der Waals surface area contributed by atoms with E-state index in [2.05, 4.69) is 10.3 Å². The van der Waals surface area contributed by atoms with Gasteiger partial charge in [0, 0.05) is 17.4 Å². The van der Waals surface area contributed by atoms with Crippen molar-refractivity contribution < 1.29 is 4.79 Å². The minimum atomic E-state index is -0.246. The van der Waals surface area contributed by atoms with Crippen LogP contribution < -0.4 is 10.9 Å². The van der Waals surface area contributed by atoms with Crippen molar-refractivity contribution in [2.24, 2.45) is 0 Å². The molecule has 0 aliphatic heterocycles. The van der Waals surface area contributed by atoms with E-state index in [0.29, 0.717) is 5.69 Å². The molecule has 0 radical (unpaired) electrons. The number of amides is 1. The van der Waals surface area contributed by atoms with Crippen molar-refractivity contribution >= 4 is 11.6 Å². The van der Waals surface area contributed by atoms with Gasteiger partial charge in [-0.15, -0.1) is 0 Å². The molecule has 1 aromatic heterocycles. The van der Waals surface area contributed by atoms with Crippen molar-refractivity contribution in [2.75, 3.05) is 5.32 Å². The number of aromatic nitrogens is 2. The van der Waals surface area contributed by atoms with E-state index in [1.165, 1.54) is 17.0 Å². The molecule has 1 aromatic carbocycles. The van der Waals surface area contributed by atoms with Gasteiger partial charge in [0.1, 0.15) is 6.54 Å². The number of benzene rings is 1. The highest BCUT2D eigenvalue weighted by atomic mass is 16.2. The summed E-state index contributed by atoms with van der Waals surface area (Å²) in [5, 5.41) is 2.80. The minimum absolute atomic E-state index is 0.0422. The van der Waals surface area contributed by atoms with Gasteiger partial charge in [-0.1, -0.05) is 17.7 Å². The number of rotatable bonds is 3. The Morgan fingerprint density at radius 3 is 2.65 bits per heavy atom. The highest BCUT2D eigenvalue weighted by molar-refractivity contribution is 5.91. The highest BCUT2D eigenvalue weighted by Gasteiger charge is 2.07. The average molecular weight is 271 g/mol. The largest absolute Gasteiger partial charge is 0.324 e. The van der Waals surface area contributed by atoms with Crippen LogP contribution in [0.4, 0.5) is 5.69 Å². The maximum absolute atomic E-state index is 12.0. The zero-order chi connectivity index (χ0) is 14.7. The van der Waals surface area contributed by atoms with Gasteiger partial charge in [0.25, 0.3) is 5.56 Å². The summed E-state index contributed by atoms with van der Waals surface area (Å²) in [6.45, 7) is 5.62. The fourth-order valence-electron chi connectivity index (χ4n) is 1.93. The average Bonchev–Trinajstić information content (AvgIpc) is 2.36. The smallest absolute Gasteiger partial charge is 0.253 e. The van der Waals surface area contributed by atoms with E-state index in [4.69, 9.17) is 0 Å². The fourth-order valence-corrected chi connectivity index (χ4v) is 1.93. The predicted molar refractivity (Wildman–Crippen MR) is 77.8 cm³/mol. The monoisotopic (exact) mass is 271 g/mol. The summed E-state index contributed by atoms with van der Waals surface area (Å²) >= 11 is 0. The number of carbonyl (C=O) groups excluding carboxylic acids is 1. The molecule has 104 valence electrons. The predicted octanol–water partition coefficient (Wildman–Crippen LogP) is 1.81. The molecule has 0 saturated heterocycles. The number of hydrogen-bond acceptors (Lipinski definition) is 3. The lowest BCUT2D eigenvalue weighted by Crippen LogP contribution is -2.27. The molecule has 2 rings (SSSR count). The van der Waals surface area contributed by atoms with Gasteiger partial charge >= 0.3 is 0 Å². The molecule has 2 aromatic rings. The number of hydrogen-bond donors (Lipinski definition) is 1. The van der Waals surface area contributed by atoms with E-state index >= 15 is 0 Å². The molecule has 5 heteroatoms. The van der Waals surface area contributed by atoms with Crippen LogP contribution in [0.25, 0.3) is 0 Å². The maximum Gasteiger partial charge on any atom is 0.253 e. The van der Waals surface area contributed by atoms with Crippen molar-refractivity contribution in [3.63, 3.8) is 0 Å². The quantitative estimate of drug-likeness (QED) is 0.926. The summed E-state index contributed by atoms with van der Waals surface area (Å²) in [7, 11) is 0. The van der Waals surface area contributed by atoms with Crippen LogP contribution in [0.15, 0.2) is 35.4 Å². The molecular weight excluding hydrogens is 254 g/mol. The van der Waals surface area contributed by atoms with Gasteiger partial charge in [-0.3, -0.25) is 14.2 Å². The zero-order valence-electron chi connectivity index (χ0n) is 11.8. The first-order chi connectivity index (χ1) is 9.45. The van der Waals surface area contributed by atoms with Gasteiger partial charge in [0.15, 0.2) is 0 Å². The molecule has 0 aliphatic carbocycles. The number of nitrogens with zero attached hydrogens (tertiary/aromatic N) is 2. The second kappa shape index (κ2) is 5.69. The number of nitrogens with one attached hydrogen (secondary N) is 1. The molecular formula is C15H17N3O2. The van der Waals surface area contributed by atoms with Crippen molar-refractivity contribution in [1.29, 1.82) is 0 Å². The standard InChI is InChI=1S/C15H17N3O2/c1-10-4-5-13(11(2)6-10)17-14(19)8-18-9-16-12(3)7-15(18)20/h4-7,9H,8H2,1-3H3,(H,17,19). The Hall–Kier alpha value is -2.43. The Bertz CT molecular complexity index is 705. The summed E-state index contributed by atoms with van der Waals surface area (Å²) in [5.41, 5.74) is 3.30. The van der Waals surface area contributed by atoms with Gasteiger partial charge in [-0.25, -0.2) is 4.98 Å². The lowest BCUT2D eigenvalue weighted by molar-refractivity contribution is -0.116. The Kier molecular flexibility index (Phi) is 3.98. The van der Waals surface area contributed by atoms with Gasteiger partial charge in [-0.05, 0) is 32.4 Å². The van der Waals surface area contributed by atoms with Crippen LogP contribution in [0, 0.1) is 20.8 Å². The molecule has 5 nitrogen and oxygen atoms in total. The van der Waals surface area contributed by atoms with Gasteiger partial charge in [0.2, 0.25) is 5.91 Å². The van der Waals surface area contributed by atoms with Crippen LogP contribution in [0.3, 0.4) is 0 Å². The van der Waals surface area contributed by atoms with Crippen LogP contribution in [0.1, 0.15) is 16.8 Å². The molecule has 0 atom stereocenters. The summed E-state index contributed by atoms with van der Waals surface area (Å²) in [6, 6.07) is 7.20.